The largest absolute Gasteiger partial charge is 0.504 e. The van der Waals surface area contributed by atoms with Crippen LogP contribution in [0, 0.1) is 0 Å². The monoisotopic (exact) mass is 386 g/mol. The fourth-order valence-electron chi connectivity index (χ4n) is 2.79. The van der Waals surface area contributed by atoms with Crippen LogP contribution in [0.2, 0.25) is 0 Å². The lowest BCUT2D eigenvalue weighted by Gasteiger charge is -2.10. The van der Waals surface area contributed by atoms with Crippen molar-refractivity contribution >= 4 is 5.78 Å². The zero-order valence-electron chi connectivity index (χ0n) is 16.4. The summed E-state index contributed by atoms with van der Waals surface area (Å²) in [5.74, 6) is 1.22. The molecule has 0 amide bonds. The zero-order valence-corrected chi connectivity index (χ0v) is 16.4. The van der Waals surface area contributed by atoms with E-state index in [0.29, 0.717) is 42.9 Å². The minimum absolute atomic E-state index is 0.0228. The Kier molecular flexibility index (Phi) is 7.75. The van der Waals surface area contributed by atoms with Crippen molar-refractivity contribution < 1.29 is 29.2 Å². The van der Waals surface area contributed by atoms with E-state index in [1.807, 2.05) is 6.08 Å². The summed E-state index contributed by atoms with van der Waals surface area (Å²) in [5.41, 5.74) is 1.87. The van der Waals surface area contributed by atoms with Gasteiger partial charge in [-0.1, -0.05) is 12.1 Å². The number of ketones is 1. The van der Waals surface area contributed by atoms with E-state index >= 15 is 0 Å². The van der Waals surface area contributed by atoms with Crippen LogP contribution in [-0.4, -0.2) is 37.3 Å². The number of ether oxygens (including phenoxy) is 3. The van der Waals surface area contributed by atoms with Crippen molar-refractivity contribution in [2.75, 3.05) is 21.3 Å². The summed E-state index contributed by atoms with van der Waals surface area (Å²) >= 11 is 0. The minimum Gasteiger partial charge on any atom is -0.504 e. The number of aromatic hydroxyl groups is 2. The van der Waals surface area contributed by atoms with E-state index in [0.717, 1.165) is 11.1 Å². The van der Waals surface area contributed by atoms with Gasteiger partial charge in [0.15, 0.2) is 28.8 Å². The predicted octanol–water partition coefficient (Wildman–Crippen LogP) is 3.81. The van der Waals surface area contributed by atoms with Gasteiger partial charge in [0.25, 0.3) is 0 Å². The smallest absolute Gasteiger partial charge is 0.200 e. The number of carbonyl (C=O) groups excluding carboxylic acids is 1. The maximum absolute atomic E-state index is 12.1. The van der Waals surface area contributed by atoms with Gasteiger partial charge in [-0.3, -0.25) is 4.79 Å². The highest BCUT2D eigenvalue weighted by Gasteiger charge is 2.10. The molecule has 0 saturated heterocycles. The van der Waals surface area contributed by atoms with E-state index in [1.165, 1.54) is 21.3 Å². The minimum atomic E-state index is -0.0228. The van der Waals surface area contributed by atoms with Crippen LogP contribution in [0.5, 0.6) is 28.7 Å². The van der Waals surface area contributed by atoms with Crippen LogP contribution in [-0.2, 0) is 17.6 Å². The van der Waals surface area contributed by atoms with E-state index in [2.05, 4.69) is 0 Å². The fraction of sp³-hybridized carbons (Fsp3) is 0.318. The third-order valence-electron chi connectivity index (χ3n) is 4.35. The van der Waals surface area contributed by atoms with Crippen LogP contribution in [0.1, 0.15) is 24.0 Å². The number of carbonyl (C=O) groups is 1. The molecule has 0 radical (unpaired) electrons. The van der Waals surface area contributed by atoms with Gasteiger partial charge in [-0.2, -0.15) is 0 Å². The molecular formula is C22H26O6. The first-order valence-corrected chi connectivity index (χ1v) is 8.97. The molecule has 0 bridgehead atoms. The molecule has 2 N–H and O–H groups in total. The molecule has 28 heavy (non-hydrogen) atoms. The highest BCUT2D eigenvalue weighted by Crippen LogP contribution is 2.37. The summed E-state index contributed by atoms with van der Waals surface area (Å²) in [4.78, 5) is 12.1. The molecule has 0 spiro atoms. The Bertz CT molecular complexity index is 816. The third-order valence-corrected chi connectivity index (χ3v) is 4.35. The van der Waals surface area contributed by atoms with Gasteiger partial charge in [0.2, 0.25) is 5.75 Å². The zero-order chi connectivity index (χ0) is 20.5. The molecule has 0 fully saturated rings. The summed E-state index contributed by atoms with van der Waals surface area (Å²) in [6.45, 7) is 0. The number of phenolic OH excluding ortho intramolecular Hbond substituents is 2. The topological polar surface area (TPSA) is 85.2 Å². The molecule has 6 nitrogen and oxygen atoms in total. The summed E-state index contributed by atoms with van der Waals surface area (Å²) in [6.07, 6.45) is 5.75. The maximum Gasteiger partial charge on any atom is 0.200 e. The number of methoxy groups -OCH3 is 3. The first-order valence-electron chi connectivity index (χ1n) is 8.97. The van der Waals surface area contributed by atoms with Gasteiger partial charge in [-0.15, -0.1) is 0 Å². The van der Waals surface area contributed by atoms with Gasteiger partial charge in [-0.05, 0) is 60.7 Å². The Hall–Kier alpha value is -3.15. The summed E-state index contributed by atoms with van der Waals surface area (Å²) in [7, 11) is 4.47. The molecule has 0 saturated carbocycles. The molecule has 0 heterocycles. The van der Waals surface area contributed by atoms with E-state index in [9.17, 15) is 15.0 Å². The number of aryl methyl sites for hydroxylation is 2. The fourth-order valence-corrected chi connectivity index (χ4v) is 2.79. The average Bonchev–Trinajstić information content (AvgIpc) is 2.71. The van der Waals surface area contributed by atoms with Gasteiger partial charge in [0, 0.05) is 6.42 Å². The second-order valence-corrected chi connectivity index (χ2v) is 6.26. The Morgan fingerprint density at radius 2 is 1.50 bits per heavy atom. The highest BCUT2D eigenvalue weighted by molar-refractivity contribution is 5.89. The van der Waals surface area contributed by atoms with Gasteiger partial charge < -0.3 is 24.4 Å². The van der Waals surface area contributed by atoms with Crippen molar-refractivity contribution in [3.63, 3.8) is 0 Å². The normalized spacial score (nSPS) is 10.8. The Morgan fingerprint density at radius 1 is 0.893 bits per heavy atom. The number of hydrogen-bond acceptors (Lipinski definition) is 6. The Labute approximate surface area is 165 Å². The standard InChI is InChI=1S/C22H26O6/c1-26-19-12-15(9-11-18(19)24)8-10-17(23)7-5-4-6-16-13-20(27-2)22(25)21(14-16)28-3/h5,7,9,11-14,24-25H,4,6,8,10H2,1-3H3/b7-5+. The van der Waals surface area contributed by atoms with Crippen LogP contribution in [0.25, 0.3) is 0 Å². The third kappa shape index (κ3) is 5.67. The molecule has 2 aromatic carbocycles. The molecule has 150 valence electrons. The summed E-state index contributed by atoms with van der Waals surface area (Å²) in [6, 6.07) is 8.59. The molecule has 2 aromatic rings. The number of phenols is 2. The number of rotatable bonds is 10. The van der Waals surface area contributed by atoms with Crippen LogP contribution >= 0.6 is 0 Å². The molecule has 0 aliphatic heterocycles. The first kappa shape index (κ1) is 21.2. The van der Waals surface area contributed by atoms with Crippen molar-refractivity contribution in [2.45, 2.75) is 25.7 Å². The quantitative estimate of drug-likeness (QED) is 0.604. The summed E-state index contributed by atoms with van der Waals surface area (Å²) in [5, 5.41) is 19.5. The maximum atomic E-state index is 12.1. The lowest BCUT2D eigenvalue weighted by atomic mass is 10.1. The molecule has 6 heteroatoms. The second kappa shape index (κ2) is 10.3. The second-order valence-electron chi connectivity index (χ2n) is 6.26. The summed E-state index contributed by atoms with van der Waals surface area (Å²) < 4.78 is 15.4. The Morgan fingerprint density at radius 3 is 2.11 bits per heavy atom. The van der Waals surface area contributed by atoms with Crippen LogP contribution in [0.3, 0.4) is 0 Å². The average molecular weight is 386 g/mol. The van der Waals surface area contributed by atoms with Gasteiger partial charge >= 0.3 is 0 Å². The molecule has 0 aromatic heterocycles. The van der Waals surface area contributed by atoms with Gasteiger partial charge in [0.1, 0.15) is 0 Å². The lowest BCUT2D eigenvalue weighted by molar-refractivity contribution is -0.114. The molecule has 0 aliphatic rings. The van der Waals surface area contributed by atoms with Crippen LogP contribution in [0.4, 0.5) is 0 Å². The van der Waals surface area contributed by atoms with E-state index in [1.54, 1.807) is 36.4 Å². The lowest BCUT2D eigenvalue weighted by Crippen LogP contribution is -1.97. The van der Waals surface area contributed by atoms with E-state index in [-0.39, 0.29) is 17.3 Å². The van der Waals surface area contributed by atoms with Crippen molar-refractivity contribution in [1.29, 1.82) is 0 Å². The number of benzene rings is 2. The number of allylic oxidation sites excluding steroid dienone is 2. The molecule has 0 unspecified atom stereocenters. The van der Waals surface area contributed by atoms with Crippen molar-refractivity contribution in [3.8, 4) is 28.7 Å². The van der Waals surface area contributed by atoms with E-state index < -0.39 is 0 Å². The van der Waals surface area contributed by atoms with Crippen molar-refractivity contribution in [2.24, 2.45) is 0 Å². The molecule has 0 aliphatic carbocycles. The Balaban J connectivity index is 1.85. The van der Waals surface area contributed by atoms with Gasteiger partial charge in [-0.25, -0.2) is 0 Å². The number of hydrogen-bond donors (Lipinski definition) is 2. The first-order chi connectivity index (χ1) is 13.5. The molecule has 2 rings (SSSR count). The predicted molar refractivity (Wildman–Crippen MR) is 107 cm³/mol. The molecular weight excluding hydrogens is 360 g/mol. The SMILES string of the molecule is COc1cc(CCC(=O)/C=C/CCc2cc(OC)c(O)c(OC)c2)ccc1O. The van der Waals surface area contributed by atoms with Gasteiger partial charge in [0.05, 0.1) is 21.3 Å². The van der Waals surface area contributed by atoms with Crippen LogP contribution < -0.4 is 14.2 Å². The van der Waals surface area contributed by atoms with Crippen molar-refractivity contribution in [3.05, 3.63) is 53.6 Å². The molecule has 0 atom stereocenters. The van der Waals surface area contributed by atoms with E-state index in [4.69, 9.17) is 14.2 Å². The highest BCUT2D eigenvalue weighted by atomic mass is 16.5. The van der Waals surface area contributed by atoms with Crippen LogP contribution in [0.15, 0.2) is 42.5 Å². The van der Waals surface area contributed by atoms with Crippen molar-refractivity contribution in [1.82, 2.24) is 0 Å².